The fourth-order valence-electron chi connectivity index (χ4n) is 0.406. The Balaban J connectivity index is 3.16. The molecule has 9 heavy (non-hydrogen) atoms. The second-order valence-corrected chi connectivity index (χ2v) is 2.32. The highest BCUT2D eigenvalue weighted by Gasteiger charge is 1.88. The lowest BCUT2D eigenvalue weighted by atomic mass is 10.6. The molecule has 1 aromatic heterocycles. The Hall–Kier alpha value is -0.420. The van der Waals surface area contributed by atoms with Gasteiger partial charge >= 0.3 is 0 Å². The summed E-state index contributed by atoms with van der Waals surface area (Å²) in [6, 6.07) is 3.01. The molecule has 0 aliphatic heterocycles. The van der Waals surface area contributed by atoms with Crippen LogP contribution in [0.25, 0.3) is 0 Å². The molecule has 1 heterocycles. The van der Waals surface area contributed by atoms with Gasteiger partial charge in [0.05, 0.1) is 0 Å². The molecule has 0 aliphatic carbocycles. The molecule has 0 unspecified atom stereocenters. The summed E-state index contributed by atoms with van der Waals surface area (Å²) in [6.45, 7) is 0. The van der Waals surface area contributed by atoms with E-state index in [2.05, 4.69) is 16.8 Å². The van der Waals surface area contributed by atoms with Gasteiger partial charge in [0.2, 0.25) is 0 Å². The summed E-state index contributed by atoms with van der Waals surface area (Å²) < 4.78 is 1.18. The third-order valence-corrected chi connectivity index (χ3v) is 1.66. The van der Waals surface area contributed by atoms with Crippen LogP contribution in [0.2, 0.25) is 0 Å². The van der Waals surface area contributed by atoms with Crippen LogP contribution in [0.3, 0.4) is 0 Å². The van der Waals surface area contributed by atoms with Gasteiger partial charge in [-0.2, -0.15) is 9.19 Å². The van der Waals surface area contributed by atoms with Crippen LogP contribution in [0.15, 0.2) is 23.1 Å². The standard InChI is InChI=1S/C4H4N2OS2/c7-4-2-1-3-5-6(4)9-8/h1-3,8H. The highest BCUT2D eigenvalue weighted by Crippen LogP contribution is 2.01. The molecule has 1 rings (SSSR count). The first kappa shape index (κ1) is 6.70. The molecular formula is C4H4N2OS2. The summed E-state index contributed by atoms with van der Waals surface area (Å²) in [4.78, 5) is 10.7. The van der Waals surface area contributed by atoms with Crippen molar-refractivity contribution in [3.05, 3.63) is 28.7 Å². The van der Waals surface area contributed by atoms with Gasteiger partial charge in [-0.25, -0.2) is 0 Å². The van der Waals surface area contributed by atoms with E-state index in [9.17, 15) is 4.79 Å². The van der Waals surface area contributed by atoms with Crippen molar-refractivity contribution in [3.63, 3.8) is 0 Å². The maximum atomic E-state index is 10.7. The Kier molecular flexibility index (Phi) is 2.18. The van der Waals surface area contributed by atoms with Crippen molar-refractivity contribution in [2.75, 3.05) is 0 Å². The average Bonchev–Trinajstić information content (AvgIpc) is 1.89. The quantitative estimate of drug-likeness (QED) is 0.482. The highest BCUT2D eigenvalue weighted by molar-refractivity contribution is 8.67. The normalized spacial score (nSPS) is 9.44. The van der Waals surface area contributed by atoms with Gasteiger partial charge < -0.3 is 0 Å². The van der Waals surface area contributed by atoms with E-state index in [0.717, 1.165) is 11.0 Å². The zero-order chi connectivity index (χ0) is 6.69. The molecule has 0 N–H and O–H groups in total. The summed E-state index contributed by atoms with van der Waals surface area (Å²) in [5, 5.41) is 3.69. The van der Waals surface area contributed by atoms with Crippen molar-refractivity contribution in [3.8, 4) is 0 Å². The molecule has 1 aromatic rings. The minimum absolute atomic E-state index is 0.155. The number of aromatic nitrogens is 2. The van der Waals surface area contributed by atoms with E-state index in [-0.39, 0.29) is 5.56 Å². The fraction of sp³-hybridized carbons (Fsp3) is 0. The molecule has 0 radical (unpaired) electrons. The number of nitrogens with zero attached hydrogens (tertiary/aromatic N) is 2. The molecule has 0 saturated heterocycles. The van der Waals surface area contributed by atoms with Gasteiger partial charge in [-0.15, -0.1) is 0 Å². The van der Waals surface area contributed by atoms with Crippen molar-refractivity contribution in [1.82, 2.24) is 9.19 Å². The predicted molar refractivity (Wildman–Crippen MR) is 40.5 cm³/mol. The lowest BCUT2D eigenvalue weighted by molar-refractivity contribution is 0.924. The van der Waals surface area contributed by atoms with Crippen LogP contribution in [0.1, 0.15) is 0 Å². The molecule has 0 saturated carbocycles. The third-order valence-electron chi connectivity index (χ3n) is 0.762. The van der Waals surface area contributed by atoms with Crippen LogP contribution >= 0.6 is 22.6 Å². The largest absolute Gasteiger partial charge is 0.277 e. The van der Waals surface area contributed by atoms with E-state index in [4.69, 9.17) is 0 Å². The minimum Gasteiger partial charge on any atom is -0.267 e. The lowest BCUT2D eigenvalue weighted by Gasteiger charge is -1.91. The molecule has 5 heteroatoms. The summed E-state index contributed by atoms with van der Waals surface area (Å²) in [5.41, 5.74) is -0.155. The molecule has 0 bridgehead atoms. The molecule has 48 valence electrons. The molecular weight excluding hydrogens is 156 g/mol. The van der Waals surface area contributed by atoms with Gasteiger partial charge in [-0.05, 0) is 6.07 Å². The maximum Gasteiger partial charge on any atom is 0.277 e. The summed E-state index contributed by atoms with van der Waals surface area (Å²) in [7, 11) is 0.983. The average molecular weight is 160 g/mol. The monoisotopic (exact) mass is 160 g/mol. The zero-order valence-electron chi connectivity index (χ0n) is 4.39. The van der Waals surface area contributed by atoms with Crippen molar-refractivity contribution in [2.45, 2.75) is 0 Å². The van der Waals surface area contributed by atoms with Gasteiger partial charge in [0.15, 0.2) is 0 Å². The molecule has 0 atom stereocenters. The Morgan fingerprint density at radius 2 is 2.56 bits per heavy atom. The first-order chi connectivity index (χ1) is 4.34. The van der Waals surface area contributed by atoms with E-state index >= 15 is 0 Å². The predicted octanol–water partition coefficient (Wildman–Crippen LogP) is 0.584. The van der Waals surface area contributed by atoms with Crippen LogP contribution in [-0.4, -0.2) is 9.19 Å². The Labute approximate surface area is 61.0 Å². The fourth-order valence-corrected chi connectivity index (χ4v) is 1.01. The van der Waals surface area contributed by atoms with E-state index < -0.39 is 0 Å². The van der Waals surface area contributed by atoms with Crippen LogP contribution in [0.4, 0.5) is 0 Å². The van der Waals surface area contributed by atoms with Crippen molar-refractivity contribution in [2.24, 2.45) is 0 Å². The summed E-state index contributed by atoms with van der Waals surface area (Å²) >= 11 is 3.80. The second-order valence-electron chi connectivity index (χ2n) is 1.32. The first-order valence-electron chi connectivity index (χ1n) is 2.21. The Morgan fingerprint density at radius 1 is 1.78 bits per heavy atom. The van der Waals surface area contributed by atoms with Gasteiger partial charge in [0, 0.05) is 23.2 Å². The van der Waals surface area contributed by atoms with Crippen LogP contribution in [-0.2, 0) is 0 Å². The number of thiol groups is 1. The highest BCUT2D eigenvalue weighted by atomic mass is 33.1. The first-order valence-corrected chi connectivity index (χ1v) is 4.03. The number of hydrogen-bond acceptors (Lipinski definition) is 4. The van der Waals surface area contributed by atoms with Crippen LogP contribution < -0.4 is 5.56 Å². The zero-order valence-corrected chi connectivity index (χ0v) is 6.10. The van der Waals surface area contributed by atoms with Gasteiger partial charge in [0.1, 0.15) is 0 Å². The topological polar surface area (TPSA) is 34.9 Å². The molecule has 0 aromatic carbocycles. The third kappa shape index (κ3) is 1.49. The molecule has 0 spiro atoms. The van der Waals surface area contributed by atoms with E-state index in [1.54, 1.807) is 6.07 Å². The van der Waals surface area contributed by atoms with Gasteiger partial charge in [-0.1, -0.05) is 11.7 Å². The maximum absolute atomic E-state index is 10.7. The van der Waals surface area contributed by atoms with Crippen LogP contribution in [0, 0.1) is 0 Å². The van der Waals surface area contributed by atoms with Gasteiger partial charge in [0.25, 0.3) is 5.56 Å². The summed E-state index contributed by atoms with van der Waals surface area (Å²) in [6.07, 6.45) is 1.53. The van der Waals surface area contributed by atoms with Crippen LogP contribution in [0.5, 0.6) is 0 Å². The van der Waals surface area contributed by atoms with E-state index in [1.165, 1.54) is 16.4 Å². The minimum atomic E-state index is -0.155. The summed E-state index contributed by atoms with van der Waals surface area (Å²) in [5.74, 6) is 0. The molecule has 0 aliphatic rings. The van der Waals surface area contributed by atoms with Gasteiger partial charge in [-0.3, -0.25) is 4.79 Å². The molecule has 3 nitrogen and oxygen atoms in total. The number of hydrogen-bond donors (Lipinski definition) is 1. The molecule has 0 amide bonds. The molecule has 0 fully saturated rings. The van der Waals surface area contributed by atoms with Crippen molar-refractivity contribution < 1.29 is 0 Å². The van der Waals surface area contributed by atoms with Crippen molar-refractivity contribution in [1.29, 1.82) is 0 Å². The smallest absolute Gasteiger partial charge is 0.267 e. The van der Waals surface area contributed by atoms with E-state index in [1.807, 2.05) is 0 Å². The Morgan fingerprint density at radius 3 is 3.00 bits per heavy atom. The Bertz CT molecular complexity index is 246. The van der Waals surface area contributed by atoms with Crippen molar-refractivity contribution >= 4 is 22.6 Å². The lowest BCUT2D eigenvalue weighted by Crippen LogP contribution is -2.13. The van der Waals surface area contributed by atoms with E-state index in [0.29, 0.717) is 0 Å². The number of rotatable bonds is 1. The second kappa shape index (κ2) is 2.93. The SMILES string of the molecule is O=c1cccnn1SS.